The number of hydrogen-bond acceptors (Lipinski definition) is 4. The van der Waals surface area contributed by atoms with Crippen molar-refractivity contribution in [3.63, 3.8) is 0 Å². The second-order valence-corrected chi connectivity index (χ2v) is 5.18. The fourth-order valence-electron chi connectivity index (χ4n) is 1.82. The molecule has 6 heteroatoms. The van der Waals surface area contributed by atoms with Gasteiger partial charge in [-0.2, -0.15) is 0 Å². The fraction of sp³-hybridized carbons (Fsp3) is 0.0769. The maximum Gasteiger partial charge on any atom is 0.162 e. The van der Waals surface area contributed by atoms with Gasteiger partial charge in [0.1, 0.15) is 5.82 Å². The van der Waals surface area contributed by atoms with Crippen LogP contribution in [0.1, 0.15) is 16.6 Å². The third kappa shape index (κ3) is 2.39. The van der Waals surface area contributed by atoms with E-state index in [0.717, 1.165) is 5.01 Å². The molecule has 1 aromatic carbocycles. The van der Waals surface area contributed by atoms with Crippen LogP contribution < -0.4 is 5.32 Å². The van der Waals surface area contributed by atoms with E-state index < -0.39 is 5.82 Å². The minimum Gasteiger partial charge on any atom is -0.345 e. The molecule has 0 unspecified atom stereocenters. The van der Waals surface area contributed by atoms with E-state index in [1.165, 1.54) is 17.4 Å². The summed E-state index contributed by atoms with van der Waals surface area (Å²) < 4.78 is 13.5. The number of hydrogen-bond donors (Lipinski definition) is 1. The van der Waals surface area contributed by atoms with Gasteiger partial charge in [-0.25, -0.2) is 9.37 Å². The highest BCUT2D eigenvalue weighted by molar-refractivity contribution is 7.11. The first-order valence-corrected chi connectivity index (χ1v) is 6.86. The summed E-state index contributed by atoms with van der Waals surface area (Å²) in [5, 5.41) is 5.82. The number of nitrogens with one attached hydrogen (secondary N) is 1. The number of amidine groups is 1. The molecule has 1 aromatic heterocycles. The zero-order chi connectivity index (χ0) is 13.2. The van der Waals surface area contributed by atoms with Crippen LogP contribution in [0.5, 0.6) is 0 Å². The molecule has 1 aliphatic rings. The van der Waals surface area contributed by atoms with Gasteiger partial charge >= 0.3 is 0 Å². The van der Waals surface area contributed by atoms with E-state index >= 15 is 0 Å². The zero-order valence-corrected chi connectivity index (χ0v) is 11.2. The highest BCUT2D eigenvalue weighted by Crippen LogP contribution is 2.30. The summed E-state index contributed by atoms with van der Waals surface area (Å²) in [5.41, 5.74) is 0.647. The average Bonchev–Trinajstić information content (AvgIpc) is 2.96. The maximum absolute atomic E-state index is 13.5. The minimum atomic E-state index is -0.433. The van der Waals surface area contributed by atoms with Crippen LogP contribution in [0.4, 0.5) is 4.39 Å². The Morgan fingerprint density at radius 3 is 3.05 bits per heavy atom. The third-order valence-corrected chi connectivity index (χ3v) is 3.88. The quantitative estimate of drug-likeness (QED) is 0.919. The molecule has 0 aliphatic carbocycles. The zero-order valence-electron chi connectivity index (χ0n) is 9.68. The predicted octanol–water partition coefficient (Wildman–Crippen LogP) is 3.54. The van der Waals surface area contributed by atoms with Gasteiger partial charge in [-0.15, -0.1) is 11.3 Å². The predicted molar refractivity (Wildman–Crippen MR) is 75.1 cm³/mol. The molecule has 0 radical (unpaired) electrons. The Hall–Kier alpha value is -1.72. The third-order valence-electron chi connectivity index (χ3n) is 2.70. The van der Waals surface area contributed by atoms with Crippen LogP contribution in [-0.2, 0) is 0 Å². The van der Waals surface area contributed by atoms with Gasteiger partial charge in [-0.3, -0.25) is 4.99 Å². The first kappa shape index (κ1) is 12.3. The molecule has 1 aliphatic heterocycles. The van der Waals surface area contributed by atoms with Crippen molar-refractivity contribution in [1.29, 1.82) is 0 Å². The van der Waals surface area contributed by atoms with Crippen LogP contribution in [0.25, 0.3) is 0 Å². The number of aromatic nitrogens is 1. The van der Waals surface area contributed by atoms with Gasteiger partial charge in [-0.05, 0) is 12.1 Å². The molecule has 0 bridgehead atoms. The Kier molecular flexibility index (Phi) is 3.31. The van der Waals surface area contributed by atoms with Crippen LogP contribution in [0.2, 0.25) is 5.02 Å². The molecule has 96 valence electrons. The van der Waals surface area contributed by atoms with E-state index in [1.807, 2.05) is 11.5 Å². The van der Waals surface area contributed by atoms with Crippen molar-refractivity contribution in [3.05, 3.63) is 63.5 Å². The molecule has 2 aromatic rings. The Morgan fingerprint density at radius 2 is 2.26 bits per heavy atom. The molecule has 3 rings (SSSR count). The van der Waals surface area contributed by atoms with Crippen molar-refractivity contribution in [2.45, 2.75) is 6.04 Å². The molecule has 0 fully saturated rings. The topological polar surface area (TPSA) is 37.3 Å². The summed E-state index contributed by atoms with van der Waals surface area (Å²) in [6, 6.07) is 4.44. The number of benzene rings is 1. The second kappa shape index (κ2) is 5.11. The number of nitrogens with zero attached hydrogens (tertiary/aromatic N) is 2. The number of halogens is 2. The summed E-state index contributed by atoms with van der Waals surface area (Å²) in [4.78, 5) is 8.70. The summed E-state index contributed by atoms with van der Waals surface area (Å²) in [6.07, 6.45) is 5.32. The lowest BCUT2D eigenvalue weighted by atomic mass is 10.1. The van der Waals surface area contributed by atoms with Gasteiger partial charge in [0.2, 0.25) is 0 Å². The normalized spacial score (nSPS) is 18.0. The first-order valence-electron chi connectivity index (χ1n) is 5.60. The van der Waals surface area contributed by atoms with E-state index in [9.17, 15) is 4.39 Å². The summed E-state index contributed by atoms with van der Waals surface area (Å²) >= 11 is 7.48. The van der Waals surface area contributed by atoms with Crippen LogP contribution >= 0.6 is 22.9 Å². The first-order chi connectivity index (χ1) is 9.25. The molecule has 0 saturated heterocycles. The van der Waals surface area contributed by atoms with E-state index in [4.69, 9.17) is 11.6 Å². The average molecular weight is 294 g/mol. The Morgan fingerprint density at radius 1 is 1.37 bits per heavy atom. The van der Waals surface area contributed by atoms with Gasteiger partial charge in [0.15, 0.2) is 10.8 Å². The van der Waals surface area contributed by atoms with E-state index in [-0.39, 0.29) is 11.1 Å². The molecular weight excluding hydrogens is 285 g/mol. The number of thiazole rings is 1. The highest BCUT2D eigenvalue weighted by Gasteiger charge is 2.18. The molecule has 0 spiro atoms. The van der Waals surface area contributed by atoms with E-state index in [0.29, 0.717) is 11.4 Å². The highest BCUT2D eigenvalue weighted by atomic mass is 35.5. The molecule has 1 atom stereocenters. The minimum absolute atomic E-state index is 0.112. The SMILES string of the molecule is Fc1cccc([C@H]2C=CNC(c3nccs3)=N2)c1Cl. The Labute approximate surface area is 118 Å². The Bertz CT molecular complexity index is 652. The van der Waals surface area contributed by atoms with Gasteiger partial charge in [0, 0.05) is 23.3 Å². The van der Waals surface area contributed by atoms with Gasteiger partial charge in [0.05, 0.1) is 11.1 Å². The molecular formula is C13H9ClFN3S. The Balaban J connectivity index is 1.99. The standard InChI is InChI=1S/C13H9ClFN3S/c14-11-8(2-1-3-9(11)15)10-4-5-16-12(18-10)13-17-6-7-19-13/h1-7,10H,(H,16,18)/t10-/m1/s1. The molecule has 0 saturated carbocycles. The number of rotatable bonds is 2. The van der Waals surface area contributed by atoms with E-state index in [2.05, 4.69) is 15.3 Å². The molecule has 3 nitrogen and oxygen atoms in total. The van der Waals surface area contributed by atoms with Crippen LogP contribution in [0.15, 0.2) is 47.0 Å². The van der Waals surface area contributed by atoms with Crippen molar-refractivity contribution in [1.82, 2.24) is 10.3 Å². The van der Waals surface area contributed by atoms with Crippen LogP contribution in [0.3, 0.4) is 0 Å². The maximum atomic E-state index is 13.5. The molecule has 19 heavy (non-hydrogen) atoms. The molecule has 0 amide bonds. The van der Waals surface area contributed by atoms with Gasteiger partial charge in [0.25, 0.3) is 0 Å². The lowest BCUT2D eigenvalue weighted by Crippen LogP contribution is -2.23. The van der Waals surface area contributed by atoms with Crippen LogP contribution in [0, 0.1) is 5.82 Å². The van der Waals surface area contributed by atoms with Crippen molar-refractivity contribution >= 4 is 28.8 Å². The van der Waals surface area contributed by atoms with Gasteiger partial charge in [-0.1, -0.05) is 23.7 Å². The van der Waals surface area contributed by atoms with Crippen LogP contribution in [-0.4, -0.2) is 10.8 Å². The fourth-order valence-corrected chi connectivity index (χ4v) is 2.65. The van der Waals surface area contributed by atoms with Crippen molar-refractivity contribution in [3.8, 4) is 0 Å². The lowest BCUT2D eigenvalue weighted by molar-refractivity contribution is 0.624. The summed E-state index contributed by atoms with van der Waals surface area (Å²) in [6.45, 7) is 0. The molecule has 2 heterocycles. The second-order valence-electron chi connectivity index (χ2n) is 3.91. The number of aliphatic imine (C=N–C) groups is 1. The van der Waals surface area contributed by atoms with Crippen molar-refractivity contribution in [2.75, 3.05) is 0 Å². The lowest BCUT2D eigenvalue weighted by Gasteiger charge is -2.17. The summed E-state index contributed by atoms with van der Waals surface area (Å²) in [7, 11) is 0. The van der Waals surface area contributed by atoms with Crippen molar-refractivity contribution < 1.29 is 4.39 Å². The van der Waals surface area contributed by atoms with Gasteiger partial charge < -0.3 is 5.32 Å². The summed E-state index contributed by atoms with van der Waals surface area (Å²) in [5.74, 6) is 0.236. The largest absolute Gasteiger partial charge is 0.345 e. The smallest absolute Gasteiger partial charge is 0.162 e. The van der Waals surface area contributed by atoms with E-state index in [1.54, 1.807) is 24.5 Å². The van der Waals surface area contributed by atoms with Crippen molar-refractivity contribution in [2.24, 2.45) is 4.99 Å². The molecule has 1 N–H and O–H groups in total. The monoisotopic (exact) mass is 293 g/mol.